The lowest BCUT2D eigenvalue weighted by Crippen LogP contribution is -2.18. The van der Waals surface area contributed by atoms with Crippen LogP contribution in [0.1, 0.15) is 59.8 Å². The van der Waals surface area contributed by atoms with E-state index >= 15 is 0 Å². The molecule has 0 N–H and O–H groups in total. The molecule has 0 heteroatoms. The van der Waals surface area contributed by atoms with Crippen LogP contribution in [0.15, 0.2) is 0 Å². The van der Waals surface area contributed by atoms with Crippen LogP contribution in [0.4, 0.5) is 0 Å². The standard InChI is InChI=1S/C14H26/c1-6-9-11-13(5)14(8-3)12(4)10-7-2/h3,12-14H,6-7,9-11H2,1-2,4-5H3. The maximum absolute atomic E-state index is 5.63. The van der Waals surface area contributed by atoms with Crippen molar-refractivity contribution in [1.82, 2.24) is 0 Å². The summed E-state index contributed by atoms with van der Waals surface area (Å²) in [5.74, 6) is 4.87. The third-order valence-electron chi connectivity index (χ3n) is 3.18. The summed E-state index contributed by atoms with van der Waals surface area (Å²) in [6.07, 6.45) is 12.0. The highest BCUT2D eigenvalue weighted by Gasteiger charge is 2.20. The molecule has 0 aliphatic carbocycles. The van der Waals surface area contributed by atoms with Gasteiger partial charge in [0.1, 0.15) is 0 Å². The number of rotatable bonds is 7. The van der Waals surface area contributed by atoms with Crippen molar-refractivity contribution < 1.29 is 0 Å². The predicted octanol–water partition coefficient (Wildman–Crippen LogP) is 4.50. The average molecular weight is 194 g/mol. The van der Waals surface area contributed by atoms with Gasteiger partial charge >= 0.3 is 0 Å². The molecule has 0 aromatic rings. The summed E-state index contributed by atoms with van der Waals surface area (Å²) in [6, 6.07) is 0. The third kappa shape index (κ3) is 4.70. The fourth-order valence-corrected chi connectivity index (χ4v) is 2.23. The molecular formula is C14H26. The Bertz CT molecular complexity index is 163. The van der Waals surface area contributed by atoms with Crippen molar-refractivity contribution in [2.24, 2.45) is 17.8 Å². The van der Waals surface area contributed by atoms with E-state index in [4.69, 9.17) is 6.42 Å². The molecule has 82 valence electrons. The second-order valence-electron chi connectivity index (χ2n) is 4.58. The molecule has 0 fully saturated rings. The Morgan fingerprint density at radius 1 is 1.00 bits per heavy atom. The number of terminal acetylenes is 1. The zero-order valence-electron chi connectivity index (χ0n) is 10.3. The van der Waals surface area contributed by atoms with Gasteiger partial charge in [0.25, 0.3) is 0 Å². The first-order chi connectivity index (χ1) is 6.67. The first kappa shape index (κ1) is 13.6. The lowest BCUT2D eigenvalue weighted by molar-refractivity contribution is 0.291. The monoisotopic (exact) mass is 194 g/mol. The number of unbranched alkanes of at least 4 members (excludes halogenated alkanes) is 1. The van der Waals surface area contributed by atoms with Crippen LogP contribution >= 0.6 is 0 Å². The number of hydrogen-bond acceptors (Lipinski definition) is 0. The van der Waals surface area contributed by atoms with Crippen molar-refractivity contribution >= 4 is 0 Å². The van der Waals surface area contributed by atoms with Crippen LogP contribution in [0.2, 0.25) is 0 Å². The SMILES string of the molecule is C#CC(C(C)CCC)C(C)CCCC. The van der Waals surface area contributed by atoms with Gasteiger partial charge in [0.15, 0.2) is 0 Å². The molecule has 0 saturated carbocycles. The van der Waals surface area contributed by atoms with Crippen LogP contribution in [0.5, 0.6) is 0 Å². The van der Waals surface area contributed by atoms with Crippen molar-refractivity contribution in [3.05, 3.63) is 0 Å². The molecule has 0 nitrogen and oxygen atoms in total. The molecule has 14 heavy (non-hydrogen) atoms. The van der Waals surface area contributed by atoms with Crippen LogP contribution in [-0.4, -0.2) is 0 Å². The van der Waals surface area contributed by atoms with Crippen molar-refractivity contribution in [2.45, 2.75) is 59.8 Å². The Kier molecular flexibility index (Phi) is 7.67. The van der Waals surface area contributed by atoms with Gasteiger partial charge in [-0.2, -0.15) is 0 Å². The van der Waals surface area contributed by atoms with Gasteiger partial charge in [-0.25, -0.2) is 0 Å². The largest absolute Gasteiger partial charge is 0.120 e. The Morgan fingerprint density at radius 3 is 2.00 bits per heavy atom. The summed E-state index contributed by atoms with van der Waals surface area (Å²) >= 11 is 0. The third-order valence-corrected chi connectivity index (χ3v) is 3.18. The first-order valence-electron chi connectivity index (χ1n) is 6.13. The van der Waals surface area contributed by atoms with E-state index in [0.29, 0.717) is 17.8 Å². The molecule has 0 aromatic carbocycles. The topological polar surface area (TPSA) is 0 Å². The molecule has 0 spiro atoms. The van der Waals surface area contributed by atoms with Crippen molar-refractivity contribution in [1.29, 1.82) is 0 Å². The smallest absolute Gasteiger partial charge is 0.0251 e. The van der Waals surface area contributed by atoms with Crippen molar-refractivity contribution in [3.63, 3.8) is 0 Å². The quantitative estimate of drug-likeness (QED) is 0.523. The zero-order valence-corrected chi connectivity index (χ0v) is 10.3. The number of hydrogen-bond donors (Lipinski definition) is 0. The van der Waals surface area contributed by atoms with E-state index in [0.717, 1.165) is 0 Å². The van der Waals surface area contributed by atoms with Crippen LogP contribution in [0.3, 0.4) is 0 Å². The van der Waals surface area contributed by atoms with Crippen LogP contribution < -0.4 is 0 Å². The Hall–Kier alpha value is -0.440. The summed E-state index contributed by atoms with van der Waals surface area (Å²) in [5, 5.41) is 0. The van der Waals surface area contributed by atoms with Gasteiger partial charge in [0, 0.05) is 5.92 Å². The molecular weight excluding hydrogens is 168 g/mol. The molecule has 3 atom stereocenters. The normalized spacial score (nSPS) is 17.1. The fraction of sp³-hybridized carbons (Fsp3) is 0.857. The zero-order chi connectivity index (χ0) is 11.0. The molecule has 0 amide bonds. The van der Waals surface area contributed by atoms with E-state index in [1.54, 1.807) is 0 Å². The Balaban J connectivity index is 4.05. The van der Waals surface area contributed by atoms with Crippen molar-refractivity contribution in [2.75, 3.05) is 0 Å². The molecule has 0 rings (SSSR count). The van der Waals surface area contributed by atoms with Gasteiger partial charge in [-0.15, -0.1) is 12.3 Å². The second kappa shape index (κ2) is 7.92. The second-order valence-corrected chi connectivity index (χ2v) is 4.58. The van der Waals surface area contributed by atoms with Gasteiger partial charge in [-0.1, -0.05) is 47.0 Å². The summed E-state index contributed by atoms with van der Waals surface area (Å²) in [6.45, 7) is 9.09. The van der Waals surface area contributed by atoms with Gasteiger partial charge in [0.05, 0.1) is 0 Å². The molecule has 0 radical (unpaired) electrons. The van der Waals surface area contributed by atoms with E-state index in [1.165, 1.54) is 32.1 Å². The van der Waals surface area contributed by atoms with E-state index in [1.807, 2.05) is 0 Å². The van der Waals surface area contributed by atoms with Crippen LogP contribution in [0.25, 0.3) is 0 Å². The highest BCUT2D eigenvalue weighted by atomic mass is 14.2. The summed E-state index contributed by atoms with van der Waals surface area (Å²) in [5.41, 5.74) is 0. The van der Waals surface area contributed by atoms with Crippen molar-refractivity contribution in [3.8, 4) is 12.3 Å². The summed E-state index contributed by atoms with van der Waals surface area (Å²) in [4.78, 5) is 0. The fourth-order valence-electron chi connectivity index (χ4n) is 2.23. The van der Waals surface area contributed by atoms with E-state index < -0.39 is 0 Å². The molecule has 0 saturated heterocycles. The molecule has 0 aliphatic heterocycles. The van der Waals surface area contributed by atoms with E-state index in [-0.39, 0.29) is 0 Å². The summed E-state index contributed by atoms with van der Waals surface area (Å²) in [7, 11) is 0. The van der Waals surface area contributed by atoms with Gasteiger partial charge < -0.3 is 0 Å². The van der Waals surface area contributed by atoms with E-state index in [2.05, 4.69) is 33.6 Å². The molecule has 0 bridgehead atoms. The minimum atomic E-state index is 0.488. The molecule has 0 heterocycles. The maximum Gasteiger partial charge on any atom is 0.0251 e. The van der Waals surface area contributed by atoms with Gasteiger partial charge in [-0.3, -0.25) is 0 Å². The highest BCUT2D eigenvalue weighted by molar-refractivity contribution is 4.97. The summed E-state index contributed by atoms with van der Waals surface area (Å²) < 4.78 is 0. The minimum Gasteiger partial charge on any atom is -0.120 e. The lowest BCUT2D eigenvalue weighted by atomic mass is 9.79. The lowest BCUT2D eigenvalue weighted by Gasteiger charge is -2.24. The Morgan fingerprint density at radius 2 is 1.57 bits per heavy atom. The minimum absolute atomic E-state index is 0.488. The van der Waals surface area contributed by atoms with Crippen LogP contribution in [-0.2, 0) is 0 Å². The molecule has 0 aliphatic rings. The van der Waals surface area contributed by atoms with Crippen LogP contribution in [0, 0.1) is 30.1 Å². The van der Waals surface area contributed by atoms with E-state index in [9.17, 15) is 0 Å². The Labute approximate surface area is 90.5 Å². The predicted molar refractivity (Wildman–Crippen MR) is 65.1 cm³/mol. The molecule has 3 unspecified atom stereocenters. The highest BCUT2D eigenvalue weighted by Crippen LogP contribution is 2.27. The average Bonchev–Trinajstić information content (AvgIpc) is 2.16. The maximum atomic E-state index is 5.63. The van der Waals surface area contributed by atoms with Gasteiger partial charge in [0.2, 0.25) is 0 Å². The molecule has 0 aromatic heterocycles. The van der Waals surface area contributed by atoms with Gasteiger partial charge in [-0.05, 0) is 24.7 Å². The first-order valence-corrected chi connectivity index (χ1v) is 6.13.